The summed E-state index contributed by atoms with van der Waals surface area (Å²) in [4.78, 5) is 9.26. The first kappa shape index (κ1) is 40.3. The van der Waals surface area contributed by atoms with Gasteiger partial charge in [-0.15, -0.1) is 54.1 Å². The second kappa shape index (κ2) is 19.1. The van der Waals surface area contributed by atoms with Crippen LogP contribution in [-0.4, -0.2) is 9.97 Å². The van der Waals surface area contributed by atoms with Crippen LogP contribution in [0.15, 0.2) is 197 Å². The number of rotatable bonds is 8. The molecule has 0 saturated heterocycles. The Balaban J connectivity index is 0.000000224. The Hall–Kier alpha value is -7.17. The summed E-state index contributed by atoms with van der Waals surface area (Å²) >= 11 is 0. The summed E-state index contributed by atoms with van der Waals surface area (Å²) in [7, 11) is 0. The fourth-order valence-electron chi connectivity index (χ4n) is 8.81. The van der Waals surface area contributed by atoms with Gasteiger partial charge in [-0.2, -0.15) is 0 Å². The van der Waals surface area contributed by atoms with E-state index in [-0.39, 0.29) is 37.5 Å². The van der Waals surface area contributed by atoms with E-state index in [1.54, 1.807) is 6.26 Å². The number of hydrogen-bond acceptors (Lipinski definition) is 4. The van der Waals surface area contributed by atoms with E-state index in [4.69, 9.17) is 17.9 Å². The summed E-state index contributed by atoms with van der Waals surface area (Å²) in [5.41, 5.74) is 16.4. The van der Waals surface area contributed by atoms with E-state index in [0.717, 1.165) is 77.5 Å². The Kier molecular flexibility index (Phi) is 11.7. The van der Waals surface area contributed by atoms with Crippen LogP contribution in [0.5, 0.6) is 0 Å². The van der Waals surface area contributed by atoms with Crippen molar-refractivity contribution in [3.63, 3.8) is 0 Å². The Morgan fingerprint density at radius 1 is 0.545 bits per heavy atom. The molecule has 11 rings (SSSR count). The minimum absolute atomic E-state index is 0. The predicted octanol–water partition coefficient (Wildman–Crippen LogP) is 17.0. The van der Waals surface area contributed by atoms with Gasteiger partial charge in [-0.1, -0.05) is 154 Å². The third-order valence-corrected chi connectivity index (χ3v) is 12.1. The zero-order valence-corrected chi connectivity index (χ0v) is 39.5. The van der Waals surface area contributed by atoms with E-state index >= 15 is 0 Å². The monoisotopic (exact) mass is 1040 g/mol. The molecular weight excluding hydrogens is 985 g/mol. The molecule has 0 bridgehead atoms. The van der Waals surface area contributed by atoms with Crippen LogP contribution in [0.2, 0.25) is 0 Å². The van der Waals surface area contributed by atoms with Gasteiger partial charge in [-0.25, -0.2) is 0 Å². The van der Waals surface area contributed by atoms with E-state index in [1.165, 1.54) is 17.3 Å². The van der Waals surface area contributed by atoms with Gasteiger partial charge in [0.25, 0.3) is 0 Å². The van der Waals surface area contributed by atoms with Gasteiger partial charge in [-0.3, -0.25) is 0 Å². The van der Waals surface area contributed by atoms with Crippen LogP contribution in [0.25, 0.3) is 99.9 Å². The fraction of sp³-hybridized carbons (Fsp3) is 0.115. The first-order chi connectivity index (χ1) is 33.0. The van der Waals surface area contributed by atoms with Crippen molar-refractivity contribution in [3.8, 4) is 67.0 Å². The second-order valence-corrected chi connectivity index (χ2v) is 16.9. The molecule has 66 heavy (non-hydrogen) atoms. The molecule has 4 aromatic heterocycles. The van der Waals surface area contributed by atoms with Crippen LogP contribution in [0, 0.1) is 19.0 Å². The van der Waals surface area contributed by atoms with Crippen molar-refractivity contribution < 1.29 is 33.1 Å². The Bertz CT molecular complexity index is 3530. The molecule has 7 aromatic carbocycles. The molecule has 0 unspecified atom stereocenters. The molecule has 0 aliphatic heterocycles. The van der Waals surface area contributed by atoms with Crippen molar-refractivity contribution in [1.29, 1.82) is 0 Å². The molecule has 0 fully saturated rings. The van der Waals surface area contributed by atoms with Crippen molar-refractivity contribution >= 4 is 32.9 Å². The minimum Gasteiger partial charge on any atom is -0.501 e. The topological polar surface area (TPSA) is 52.1 Å². The summed E-state index contributed by atoms with van der Waals surface area (Å²) in [5, 5.41) is 3.10. The normalized spacial score (nSPS) is 12.1. The first-order valence-electron chi connectivity index (χ1n) is 23.6. The third-order valence-electron chi connectivity index (χ3n) is 12.1. The van der Waals surface area contributed by atoms with Crippen LogP contribution < -0.4 is 0 Å². The van der Waals surface area contributed by atoms with Gasteiger partial charge in [-0.05, 0) is 104 Å². The van der Waals surface area contributed by atoms with E-state index in [2.05, 4.69) is 118 Å². The maximum Gasteiger partial charge on any atom is 0.134 e. The molecule has 5 heteroatoms. The predicted molar refractivity (Wildman–Crippen MR) is 269 cm³/mol. The standard InChI is InChI=1S/C42H36NO.C19H12NO.Ir/c1-26(2)36-22-32(31-20-18-30(19-21-31)29-12-7-6-8-13-29)23-37(27(3)4)41(36)38-24-39(43-25-28(38)5)35-16-11-15-34-33-14-9-10-17-40(33)44-42(34)35;1-2-7-14(8-3-1)19-16(10-6-12-20-19)17-13-21-18-11-5-4-9-15(17)18;/h6-15,17-27H,1-5H3;1-7,9-13H;/q2*-1;/i5D3;;. The molecule has 0 atom stereocenters. The molecule has 11 aromatic rings. The van der Waals surface area contributed by atoms with Crippen LogP contribution >= 0.6 is 0 Å². The molecule has 0 N–H and O–H groups in total. The molecule has 4 heterocycles. The number of hydrogen-bond donors (Lipinski definition) is 0. The maximum absolute atomic E-state index is 8.53. The molecule has 0 spiro atoms. The molecule has 4 nitrogen and oxygen atoms in total. The van der Waals surface area contributed by atoms with Crippen LogP contribution in [0.1, 0.15) is 60.3 Å². The minimum atomic E-state index is -2.36. The van der Waals surface area contributed by atoms with E-state index in [1.807, 2.05) is 103 Å². The zero-order chi connectivity index (χ0) is 46.9. The molecule has 0 aliphatic rings. The molecule has 0 aliphatic carbocycles. The smallest absolute Gasteiger partial charge is 0.134 e. The van der Waals surface area contributed by atoms with Gasteiger partial charge in [0.2, 0.25) is 0 Å². The number of para-hydroxylation sites is 2. The number of aryl methyl sites for hydroxylation is 1. The summed E-state index contributed by atoms with van der Waals surface area (Å²) < 4.78 is 37.6. The average molecular weight is 1040 g/mol. The van der Waals surface area contributed by atoms with Crippen LogP contribution in [0.3, 0.4) is 0 Å². The maximum atomic E-state index is 8.53. The van der Waals surface area contributed by atoms with Crippen molar-refractivity contribution in [1.82, 2.24) is 9.97 Å². The Morgan fingerprint density at radius 2 is 1.21 bits per heavy atom. The van der Waals surface area contributed by atoms with E-state index in [9.17, 15) is 0 Å². The number of fused-ring (bicyclic) bond motifs is 4. The summed E-state index contributed by atoms with van der Waals surface area (Å²) in [6.07, 6.45) is 5.13. The van der Waals surface area contributed by atoms with Crippen molar-refractivity contribution in [3.05, 3.63) is 217 Å². The number of nitrogens with zero attached hydrogens (tertiary/aromatic N) is 2. The van der Waals surface area contributed by atoms with Gasteiger partial charge in [0.1, 0.15) is 11.2 Å². The fourth-order valence-corrected chi connectivity index (χ4v) is 8.81. The number of furan rings is 2. The van der Waals surface area contributed by atoms with Crippen molar-refractivity contribution in [2.24, 2.45) is 0 Å². The van der Waals surface area contributed by atoms with E-state index in [0.29, 0.717) is 22.4 Å². The number of benzene rings is 7. The number of pyridine rings is 2. The van der Waals surface area contributed by atoms with Gasteiger partial charge in [0.05, 0.1) is 11.8 Å². The van der Waals surface area contributed by atoms with Gasteiger partial charge in [0, 0.05) is 52.9 Å². The molecule has 325 valence electrons. The Morgan fingerprint density at radius 3 is 1.92 bits per heavy atom. The first-order valence-corrected chi connectivity index (χ1v) is 22.1. The van der Waals surface area contributed by atoms with E-state index < -0.39 is 6.85 Å². The third kappa shape index (κ3) is 8.56. The van der Waals surface area contributed by atoms with Crippen LogP contribution in [-0.2, 0) is 20.1 Å². The van der Waals surface area contributed by atoms with Gasteiger partial charge in [0.15, 0.2) is 0 Å². The SMILES string of the molecule is [2H]C([2H])([2H])c1cnc(-c2[c-]ccc3c2oc2ccccc23)cc1-c1c(C(C)C)cc(-c2ccc(-c3ccccc3)cc2)cc1C(C)C.[Ir].[c-]1ccccc1-c1ncccc1-c1coc2ccccc12. The van der Waals surface area contributed by atoms with Crippen molar-refractivity contribution in [2.45, 2.75) is 46.4 Å². The van der Waals surface area contributed by atoms with Crippen LogP contribution in [0.4, 0.5) is 0 Å². The summed E-state index contributed by atoms with van der Waals surface area (Å²) in [6, 6.07) is 63.8. The summed E-state index contributed by atoms with van der Waals surface area (Å²) in [5.74, 6) is 0.273. The molecule has 0 amide bonds. The molecule has 1 radical (unpaired) electrons. The quantitative estimate of drug-likeness (QED) is 0.142. The zero-order valence-electron chi connectivity index (χ0n) is 40.1. The van der Waals surface area contributed by atoms with Crippen molar-refractivity contribution in [2.75, 3.05) is 0 Å². The Labute approximate surface area is 404 Å². The summed E-state index contributed by atoms with van der Waals surface area (Å²) in [6.45, 7) is 6.33. The molecule has 0 saturated carbocycles. The largest absolute Gasteiger partial charge is 0.501 e. The number of aromatic nitrogens is 2. The molecular formula is C61H48IrN2O2-2. The van der Waals surface area contributed by atoms with Gasteiger partial charge >= 0.3 is 0 Å². The average Bonchev–Trinajstić information content (AvgIpc) is 3.98. The van der Waals surface area contributed by atoms with Gasteiger partial charge < -0.3 is 18.8 Å². The second-order valence-electron chi connectivity index (χ2n) is 16.9.